The molecule has 0 bridgehead atoms. The molecule has 4 rings (SSSR count). The van der Waals surface area contributed by atoms with Crippen LogP contribution in [0.3, 0.4) is 0 Å². The number of nitrogen functional groups attached to an aromatic ring is 1. The molecule has 162 valence electrons. The van der Waals surface area contributed by atoms with Crippen molar-refractivity contribution < 1.29 is 13.2 Å². The summed E-state index contributed by atoms with van der Waals surface area (Å²) in [7, 11) is 0. The normalized spacial score (nSPS) is 13.1. The van der Waals surface area contributed by atoms with Crippen LogP contribution in [-0.2, 0) is 6.18 Å². The first-order valence-electron chi connectivity index (χ1n) is 9.59. The minimum Gasteiger partial charge on any atom is -0.368 e. The third kappa shape index (κ3) is 4.16. The highest BCUT2D eigenvalue weighted by molar-refractivity contribution is 5.66. The largest absolute Gasteiger partial charge is 0.449 e. The Bertz CT molecular complexity index is 1220. The van der Waals surface area contributed by atoms with Gasteiger partial charge in [0.1, 0.15) is 11.6 Å². The van der Waals surface area contributed by atoms with Gasteiger partial charge in [-0.05, 0) is 25.0 Å². The molecule has 4 aromatic rings. The van der Waals surface area contributed by atoms with E-state index in [0.717, 1.165) is 16.9 Å². The van der Waals surface area contributed by atoms with Crippen molar-refractivity contribution in [2.45, 2.75) is 33.0 Å². The maximum Gasteiger partial charge on any atom is 0.449 e. The van der Waals surface area contributed by atoms with Gasteiger partial charge in [0.05, 0.1) is 35.3 Å². The molecule has 0 aliphatic carbocycles. The smallest absolute Gasteiger partial charge is 0.368 e. The number of anilines is 2. The van der Waals surface area contributed by atoms with Crippen LogP contribution in [0.1, 0.15) is 37.2 Å². The molecule has 0 aliphatic rings. The summed E-state index contributed by atoms with van der Waals surface area (Å²) >= 11 is 0. The number of aromatic nitrogens is 6. The molecule has 0 radical (unpaired) electrons. The van der Waals surface area contributed by atoms with Crippen LogP contribution in [0.4, 0.5) is 24.9 Å². The Balaban J connectivity index is 1.68. The molecule has 0 spiro atoms. The zero-order valence-corrected chi connectivity index (χ0v) is 17.1. The second-order valence-electron chi connectivity index (χ2n) is 7.57. The minimum atomic E-state index is -4.55. The molecule has 4 N–H and O–H groups in total. The fraction of sp³-hybridized carbons (Fsp3) is 0.300. The third-order valence-electron chi connectivity index (χ3n) is 4.92. The molecular formula is C20H21F3N8. The average molecular weight is 430 g/mol. The Morgan fingerprint density at radius 2 is 1.90 bits per heavy atom. The second kappa shape index (κ2) is 7.56. The molecule has 0 aliphatic heterocycles. The number of imidazole rings is 2. The van der Waals surface area contributed by atoms with Crippen LogP contribution in [0.15, 0.2) is 36.8 Å². The number of halogens is 3. The summed E-state index contributed by atoms with van der Waals surface area (Å²) < 4.78 is 40.8. The lowest BCUT2D eigenvalue weighted by molar-refractivity contribution is -0.144. The molecule has 4 heterocycles. The lowest BCUT2D eigenvalue weighted by atomic mass is 10.0. The molecule has 1 unspecified atom stereocenters. The molecular weight excluding hydrogens is 409 g/mol. The fourth-order valence-corrected chi connectivity index (χ4v) is 3.36. The molecule has 0 aromatic carbocycles. The van der Waals surface area contributed by atoms with Crippen LogP contribution in [0, 0.1) is 12.8 Å². The first-order valence-corrected chi connectivity index (χ1v) is 9.59. The van der Waals surface area contributed by atoms with Crippen LogP contribution in [0.5, 0.6) is 0 Å². The second-order valence-corrected chi connectivity index (χ2v) is 7.57. The summed E-state index contributed by atoms with van der Waals surface area (Å²) in [5.74, 6) is 0.169. The van der Waals surface area contributed by atoms with Gasteiger partial charge in [-0.3, -0.25) is 0 Å². The number of alkyl halides is 3. The number of pyridine rings is 1. The standard InChI is InChI=1S/C20H21F3N8/c1-10(2)17(15-8-26-18(27-15)20(21,22)23)29-16-6-14(28-19(24)30-16)12-4-5-13-7-25-11(3)31(13)9-12/h4-10,17H,1-3H3,(H,26,27)(H3,24,28,29,30). The van der Waals surface area contributed by atoms with E-state index in [4.69, 9.17) is 5.73 Å². The van der Waals surface area contributed by atoms with Crippen molar-refractivity contribution >= 4 is 17.3 Å². The van der Waals surface area contributed by atoms with Crippen LogP contribution in [-0.4, -0.2) is 29.3 Å². The van der Waals surface area contributed by atoms with Crippen molar-refractivity contribution in [1.29, 1.82) is 0 Å². The van der Waals surface area contributed by atoms with Gasteiger partial charge in [-0.25, -0.2) is 15.0 Å². The summed E-state index contributed by atoms with van der Waals surface area (Å²) in [6.07, 6.45) is 0.305. The number of aromatic amines is 1. The fourth-order valence-electron chi connectivity index (χ4n) is 3.36. The van der Waals surface area contributed by atoms with Gasteiger partial charge in [-0.15, -0.1) is 0 Å². The van der Waals surface area contributed by atoms with Crippen molar-refractivity contribution in [2.75, 3.05) is 11.1 Å². The maximum absolute atomic E-state index is 12.9. The molecule has 4 aromatic heterocycles. The Morgan fingerprint density at radius 1 is 1.13 bits per heavy atom. The Morgan fingerprint density at radius 3 is 2.58 bits per heavy atom. The quantitative estimate of drug-likeness (QED) is 0.437. The van der Waals surface area contributed by atoms with Gasteiger partial charge >= 0.3 is 6.18 Å². The zero-order chi connectivity index (χ0) is 22.3. The molecule has 0 saturated heterocycles. The van der Waals surface area contributed by atoms with Crippen LogP contribution < -0.4 is 11.1 Å². The van der Waals surface area contributed by atoms with Gasteiger partial charge in [0.15, 0.2) is 0 Å². The monoisotopic (exact) mass is 430 g/mol. The van der Waals surface area contributed by atoms with Crippen LogP contribution in [0.25, 0.3) is 16.8 Å². The number of rotatable bonds is 5. The van der Waals surface area contributed by atoms with Gasteiger partial charge in [-0.2, -0.15) is 18.2 Å². The number of fused-ring (bicyclic) bond motifs is 1. The van der Waals surface area contributed by atoms with E-state index in [0.29, 0.717) is 17.2 Å². The van der Waals surface area contributed by atoms with Gasteiger partial charge in [0.25, 0.3) is 0 Å². The third-order valence-corrected chi connectivity index (χ3v) is 4.92. The van der Waals surface area contributed by atoms with Gasteiger partial charge in [0, 0.05) is 17.8 Å². The van der Waals surface area contributed by atoms with Gasteiger partial charge in [-0.1, -0.05) is 13.8 Å². The number of nitrogens with two attached hydrogens (primary N) is 1. The van der Waals surface area contributed by atoms with E-state index in [-0.39, 0.29) is 11.9 Å². The average Bonchev–Trinajstić information content (AvgIpc) is 3.32. The van der Waals surface area contributed by atoms with Crippen molar-refractivity contribution in [3.05, 3.63) is 54.1 Å². The highest BCUT2D eigenvalue weighted by Gasteiger charge is 2.35. The summed E-state index contributed by atoms with van der Waals surface area (Å²) in [6, 6.07) is 5.03. The van der Waals surface area contributed by atoms with E-state index in [1.54, 1.807) is 12.3 Å². The molecule has 8 nitrogen and oxygen atoms in total. The van der Waals surface area contributed by atoms with Crippen molar-refractivity contribution in [2.24, 2.45) is 5.92 Å². The first-order chi connectivity index (χ1) is 14.6. The number of aryl methyl sites for hydroxylation is 1. The topological polar surface area (TPSA) is 110 Å². The number of hydrogen-bond acceptors (Lipinski definition) is 6. The molecule has 31 heavy (non-hydrogen) atoms. The van der Waals surface area contributed by atoms with E-state index < -0.39 is 18.0 Å². The maximum atomic E-state index is 12.9. The summed E-state index contributed by atoms with van der Waals surface area (Å²) in [5.41, 5.74) is 8.54. The number of hydrogen-bond donors (Lipinski definition) is 3. The predicted octanol–water partition coefficient (Wildman–Crippen LogP) is 4.23. The van der Waals surface area contributed by atoms with E-state index in [1.165, 1.54) is 6.20 Å². The minimum absolute atomic E-state index is 0.0468. The molecule has 0 amide bonds. The van der Waals surface area contributed by atoms with Crippen molar-refractivity contribution in [3.8, 4) is 11.3 Å². The van der Waals surface area contributed by atoms with E-state index in [9.17, 15) is 13.2 Å². The van der Waals surface area contributed by atoms with Crippen molar-refractivity contribution in [3.63, 3.8) is 0 Å². The summed E-state index contributed by atoms with van der Waals surface area (Å²) in [6.45, 7) is 5.66. The molecule has 0 saturated carbocycles. The molecule has 0 fully saturated rings. The van der Waals surface area contributed by atoms with Gasteiger partial charge in [0.2, 0.25) is 11.8 Å². The lowest BCUT2D eigenvalue weighted by Gasteiger charge is -2.22. The molecule has 1 atom stereocenters. The highest BCUT2D eigenvalue weighted by Crippen LogP contribution is 2.31. The number of nitrogens with one attached hydrogen (secondary N) is 2. The van der Waals surface area contributed by atoms with Crippen LogP contribution in [0.2, 0.25) is 0 Å². The SMILES string of the molecule is Cc1ncc2ccc(-c3cc(NC(c4cnc(C(F)(F)F)[nH]4)C(C)C)nc(N)n3)cn12. The predicted molar refractivity (Wildman–Crippen MR) is 110 cm³/mol. The Labute approximate surface area is 175 Å². The first kappa shape index (κ1) is 20.6. The summed E-state index contributed by atoms with van der Waals surface area (Å²) in [4.78, 5) is 18.6. The Hall–Kier alpha value is -3.63. The highest BCUT2D eigenvalue weighted by atomic mass is 19.4. The number of H-pyrrole nitrogens is 1. The summed E-state index contributed by atoms with van der Waals surface area (Å²) in [5, 5.41) is 3.17. The number of nitrogens with zero attached hydrogens (tertiary/aromatic N) is 5. The van der Waals surface area contributed by atoms with Crippen LogP contribution >= 0.6 is 0 Å². The Kier molecular flexibility index (Phi) is 5.03. The molecule has 11 heteroatoms. The van der Waals surface area contributed by atoms with E-state index >= 15 is 0 Å². The lowest BCUT2D eigenvalue weighted by Crippen LogP contribution is -2.19. The van der Waals surface area contributed by atoms with E-state index in [1.807, 2.05) is 43.5 Å². The van der Waals surface area contributed by atoms with Crippen molar-refractivity contribution in [1.82, 2.24) is 29.3 Å². The van der Waals surface area contributed by atoms with E-state index in [2.05, 4.69) is 30.2 Å². The zero-order valence-electron chi connectivity index (χ0n) is 17.1. The van der Waals surface area contributed by atoms with Gasteiger partial charge < -0.3 is 20.4 Å².